The molecular weight excluding hydrogens is 591 g/mol. The number of alkyl halides is 9. The molecule has 0 saturated carbocycles. The molecule has 2 heterocycles. The number of aromatic nitrogens is 1. The Bertz CT molecular complexity index is 1950. The summed E-state index contributed by atoms with van der Waals surface area (Å²) in [7, 11) is 0. The van der Waals surface area contributed by atoms with Crippen molar-refractivity contribution in [1.82, 2.24) is 4.98 Å². The maximum atomic E-state index is 14.6. The minimum absolute atomic E-state index is 0.159. The number of ketones is 1. The van der Waals surface area contributed by atoms with E-state index in [1.807, 2.05) is 0 Å². The highest BCUT2D eigenvalue weighted by Crippen LogP contribution is 2.55. The maximum Gasteiger partial charge on any atom is 0.454 e. The molecule has 0 amide bonds. The van der Waals surface area contributed by atoms with Gasteiger partial charge in [0.15, 0.2) is 0 Å². The van der Waals surface area contributed by atoms with Gasteiger partial charge in [-0.3, -0.25) is 4.79 Å². The van der Waals surface area contributed by atoms with Crippen LogP contribution in [0.3, 0.4) is 0 Å². The number of hydrogen-bond donors (Lipinski definition) is 2. The summed E-state index contributed by atoms with van der Waals surface area (Å²) in [6.45, 7) is 0. The Labute approximate surface area is 235 Å². The summed E-state index contributed by atoms with van der Waals surface area (Å²) in [6, 6.07) is 14.7. The van der Waals surface area contributed by atoms with Crippen molar-refractivity contribution in [2.75, 3.05) is 5.32 Å². The Morgan fingerprint density at radius 2 is 1.40 bits per heavy atom. The van der Waals surface area contributed by atoms with Gasteiger partial charge >= 0.3 is 18.5 Å². The third-order valence-electron chi connectivity index (χ3n) is 7.33. The van der Waals surface area contributed by atoms with Crippen molar-refractivity contribution in [1.29, 1.82) is 0 Å². The Kier molecular flexibility index (Phi) is 6.07. The van der Waals surface area contributed by atoms with E-state index < -0.39 is 79.5 Å². The van der Waals surface area contributed by atoms with Gasteiger partial charge in [-0.15, -0.1) is 0 Å². The van der Waals surface area contributed by atoms with E-state index in [2.05, 4.69) is 10.3 Å². The van der Waals surface area contributed by atoms with Crippen LogP contribution in [0.4, 0.5) is 50.9 Å². The minimum Gasteiger partial charge on any atom is -0.372 e. The van der Waals surface area contributed by atoms with Crippen molar-refractivity contribution in [3.63, 3.8) is 0 Å². The van der Waals surface area contributed by atoms with Crippen LogP contribution in [0.2, 0.25) is 0 Å². The third kappa shape index (κ3) is 4.29. The number of halogens is 9. The molecule has 1 aliphatic rings. The zero-order valence-corrected chi connectivity index (χ0v) is 21.2. The Morgan fingerprint density at radius 3 is 2.02 bits per heavy atom. The standard InChI is InChI=1S/C30H15F9N2O2/c31-28(32,33)19-13-22(14-6-2-1-3-7-14)41-25-15(19)10-11-16-23(25)17(26(42)29(34,35)36)12-20-24(16)40-21-9-5-4-8-18(21)27(20,43)30(37,38)39/h1-13,40,43H. The van der Waals surface area contributed by atoms with E-state index in [0.29, 0.717) is 6.07 Å². The van der Waals surface area contributed by atoms with Crippen LogP contribution in [-0.2, 0) is 11.8 Å². The number of Topliss-reactive ketones (excluding diaryl/α,β-unsaturated/α-hetero) is 1. The summed E-state index contributed by atoms with van der Waals surface area (Å²) in [6.07, 6.45) is -16.2. The molecule has 6 rings (SSSR count). The van der Waals surface area contributed by atoms with E-state index in [-0.39, 0.29) is 23.0 Å². The van der Waals surface area contributed by atoms with Crippen molar-refractivity contribution in [3.05, 3.63) is 101 Å². The number of hydrogen-bond acceptors (Lipinski definition) is 4. The first-order valence-corrected chi connectivity index (χ1v) is 12.4. The van der Waals surface area contributed by atoms with E-state index in [1.54, 1.807) is 6.07 Å². The van der Waals surface area contributed by atoms with Crippen LogP contribution >= 0.6 is 0 Å². The number of carbonyl (C=O) groups excluding carboxylic acids is 1. The number of carbonyl (C=O) groups is 1. The zero-order valence-electron chi connectivity index (χ0n) is 21.2. The highest BCUT2D eigenvalue weighted by atomic mass is 19.4. The lowest BCUT2D eigenvalue weighted by Gasteiger charge is -2.39. The second-order valence-electron chi connectivity index (χ2n) is 9.86. The largest absolute Gasteiger partial charge is 0.454 e. The molecule has 1 atom stereocenters. The monoisotopic (exact) mass is 606 g/mol. The highest BCUT2D eigenvalue weighted by Gasteiger charge is 2.60. The first kappa shape index (κ1) is 28.5. The Balaban J connectivity index is 1.83. The van der Waals surface area contributed by atoms with Crippen LogP contribution in [-0.4, -0.2) is 28.2 Å². The second kappa shape index (κ2) is 9.17. The fourth-order valence-corrected chi connectivity index (χ4v) is 5.44. The van der Waals surface area contributed by atoms with E-state index >= 15 is 0 Å². The summed E-state index contributed by atoms with van der Waals surface area (Å²) in [5.74, 6) is -2.63. The SMILES string of the molecule is O=C(c1cc2c(c3ccc4c(C(F)(F)F)cc(-c5ccccc5)nc4c13)Nc1ccccc1C2(O)C(F)(F)F)C(F)(F)F. The molecule has 0 aliphatic carbocycles. The van der Waals surface area contributed by atoms with Crippen LogP contribution in [0.5, 0.6) is 0 Å². The number of aliphatic hydroxyl groups is 1. The van der Waals surface area contributed by atoms with Crippen molar-refractivity contribution < 1.29 is 49.4 Å². The molecular formula is C30H15F9N2O2. The molecule has 4 aromatic carbocycles. The second-order valence-corrected chi connectivity index (χ2v) is 9.86. The predicted molar refractivity (Wildman–Crippen MR) is 139 cm³/mol. The molecule has 0 saturated heterocycles. The maximum absolute atomic E-state index is 14.6. The van der Waals surface area contributed by atoms with Gasteiger partial charge in [0.2, 0.25) is 5.60 Å². The van der Waals surface area contributed by atoms with Crippen LogP contribution in [0.1, 0.15) is 27.0 Å². The lowest BCUT2D eigenvalue weighted by molar-refractivity contribution is -0.248. The number of nitrogens with one attached hydrogen (secondary N) is 1. The van der Waals surface area contributed by atoms with Crippen LogP contribution in [0.25, 0.3) is 32.9 Å². The van der Waals surface area contributed by atoms with Crippen molar-refractivity contribution >= 4 is 38.8 Å². The number of fused-ring (bicyclic) bond motifs is 6. The number of rotatable bonds is 2. The van der Waals surface area contributed by atoms with Crippen molar-refractivity contribution in [3.8, 4) is 11.3 Å². The number of anilines is 2. The molecule has 1 aliphatic heterocycles. The molecule has 0 fully saturated rings. The third-order valence-corrected chi connectivity index (χ3v) is 7.33. The van der Waals surface area contributed by atoms with Crippen LogP contribution in [0.15, 0.2) is 78.9 Å². The quantitative estimate of drug-likeness (QED) is 0.120. The molecule has 220 valence electrons. The summed E-state index contributed by atoms with van der Waals surface area (Å²) in [4.78, 5) is 17.0. The number of benzene rings is 4. The zero-order chi connectivity index (χ0) is 31.1. The van der Waals surface area contributed by atoms with Crippen molar-refractivity contribution in [2.24, 2.45) is 0 Å². The van der Waals surface area contributed by atoms with E-state index in [9.17, 15) is 49.4 Å². The van der Waals surface area contributed by atoms with Gasteiger partial charge in [-0.25, -0.2) is 4.98 Å². The lowest BCUT2D eigenvalue weighted by Crippen LogP contribution is -2.46. The average molecular weight is 606 g/mol. The predicted octanol–water partition coefficient (Wildman–Crippen LogP) is 8.67. The van der Waals surface area contributed by atoms with Gasteiger partial charge in [-0.05, 0) is 18.2 Å². The summed E-state index contributed by atoms with van der Waals surface area (Å²) in [5, 5.41) is 12.0. The van der Waals surface area contributed by atoms with Crippen molar-refractivity contribution in [2.45, 2.75) is 24.1 Å². The topological polar surface area (TPSA) is 62.2 Å². The highest BCUT2D eigenvalue weighted by molar-refractivity contribution is 6.22. The lowest BCUT2D eigenvalue weighted by atomic mass is 9.78. The molecule has 1 unspecified atom stereocenters. The molecule has 0 spiro atoms. The van der Waals surface area contributed by atoms with E-state index in [0.717, 1.165) is 18.2 Å². The van der Waals surface area contributed by atoms with Crippen LogP contribution < -0.4 is 5.32 Å². The van der Waals surface area contributed by atoms with Gasteiger partial charge in [0.1, 0.15) is 0 Å². The molecule has 2 N–H and O–H groups in total. The van der Waals surface area contributed by atoms with Gasteiger partial charge in [0, 0.05) is 44.1 Å². The summed E-state index contributed by atoms with van der Waals surface area (Å²) in [5.41, 5.74) is -10.1. The molecule has 43 heavy (non-hydrogen) atoms. The number of nitrogens with zero attached hydrogens (tertiary/aromatic N) is 1. The fourth-order valence-electron chi connectivity index (χ4n) is 5.44. The van der Waals surface area contributed by atoms with Gasteiger partial charge in [-0.2, -0.15) is 39.5 Å². The Hall–Kier alpha value is -4.65. The summed E-state index contributed by atoms with van der Waals surface area (Å²) < 4.78 is 128. The van der Waals surface area contributed by atoms with Gasteiger partial charge < -0.3 is 10.4 Å². The molecule has 13 heteroatoms. The minimum atomic E-state index is -5.65. The molecule has 0 bridgehead atoms. The Morgan fingerprint density at radius 1 is 0.767 bits per heavy atom. The fraction of sp³-hybridized carbons (Fsp3) is 0.133. The molecule has 5 aromatic rings. The first-order valence-electron chi connectivity index (χ1n) is 12.4. The molecule has 4 nitrogen and oxygen atoms in total. The van der Waals surface area contributed by atoms with Gasteiger partial charge in [0.25, 0.3) is 5.78 Å². The van der Waals surface area contributed by atoms with E-state index in [4.69, 9.17) is 0 Å². The molecule has 1 aromatic heterocycles. The van der Waals surface area contributed by atoms with Crippen LogP contribution in [0, 0.1) is 0 Å². The van der Waals surface area contributed by atoms with E-state index in [1.165, 1.54) is 42.5 Å². The van der Waals surface area contributed by atoms with Gasteiger partial charge in [-0.1, -0.05) is 60.7 Å². The first-order chi connectivity index (χ1) is 20.0. The molecule has 0 radical (unpaired) electrons. The average Bonchev–Trinajstić information content (AvgIpc) is 2.94. The smallest absolute Gasteiger partial charge is 0.372 e. The number of pyridine rings is 1. The normalized spacial score (nSPS) is 17.0. The number of para-hydroxylation sites is 1. The summed E-state index contributed by atoms with van der Waals surface area (Å²) >= 11 is 0. The van der Waals surface area contributed by atoms with Gasteiger partial charge in [0.05, 0.1) is 22.5 Å².